The third-order valence-electron chi connectivity index (χ3n) is 4.02. The maximum absolute atomic E-state index is 5.97. The van der Waals surface area contributed by atoms with Crippen LogP contribution >= 0.6 is 0 Å². The van der Waals surface area contributed by atoms with Crippen molar-refractivity contribution in [2.24, 2.45) is 5.73 Å². The predicted octanol–water partition coefficient (Wildman–Crippen LogP) is 2.10. The molecule has 1 fully saturated rings. The number of benzene rings is 1. The molecule has 1 aromatic rings. The lowest BCUT2D eigenvalue weighted by Gasteiger charge is -2.37. The Hall–Kier alpha value is -1.06. The van der Waals surface area contributed by atoms with Gasteiger partial charge < -0.3 is 15.8 Å². The first-order chi connectivity index (χ1) is 8.78. The predicted molar refractivity (Wildman–Crippen MR) is 75.0 cm³/mol. The molecule has 3 nitrogen and oxygen atoms in total. The van der Waals surface area contributed by atoms with Crippen LogP contribution < -0.4 is 15.8 Å². The lowest BCUT2D eigenvalue weighted by molar-refractivity contribution is 0.245. The number of piperidine rings is 1. The first-order valence-electron chi connectivity index (χ1n) is 6.86. The van der Waals surface area contributed by atoms with Gasteiger partial charge in [-0.15, -0.1) is 0 Å². The number of methoxy groups -OCH3 is 1. The summed E-state index contributed by atoms with van der Waals surface area (Å²) in [6.45, 7) is 1.85. The Bertz CT molecular complexity index is 355. The summed E-state index contributed by atoms with van der Waals surface area (Å²) in [5.74, 6) is 0.920. The summed E-state index contributed by atoms with van der Waals surface area (Å²) in [5.41, 5.74) is 7.49. The monoisotopic (exact) mass is 248 g/mol. The van der Waals surface area contributed by atoms with Crippen LogP contribution in [0.2, 0.25) is 0 Å². The Morgan fingerprint density at radius 1 is 1.28 bits per heavy atom. The topological polar surface area (TPSA) is 47.3 Å². The van der Waals surface area contributed by atoms with Crippen LogP contribution in [0.15, 0.2) is 24.3 Å². The number of nitrogens with two attached hydrogens (primary N) is 1. The van der Waals surface area contributed by atoms with E-state index >= 15 is 0 Å². The van der Waals surface area contributed by atoms with Crippen molar-refractivity contribution in [2.45, 2.75) is 37.6 Å². The molecule has 1 aromatic carbocycles. The highest BCUT2D eigenvalue weighted by Gasteiger charge is 2.29. The highest BCUT2D eigenvalue weighted by atomic mass is 16.5. The Morgan fingerprint density at radius 3 is 2.61 bits per heavy atom. The molecule has 1 aliphatic heterocycles. The van der Waals surface area contributed by atoms with Gasteiger partial charge in [-0.25, -0.2) is 0 Å². The van der Waals surface area contributed by atoms with Crippen LogP contribution in [0.1, 0.15) is 31.2 Å². The summed E-state index contributed by atoms with van der Waals surface area (Å²) in [6, 6.07) is 8.34. The molecule has 18 heavy (non-hydrogen) atoms. The van der Waals surface area contributed by atoms with Gasteiger partial charge in [0.05, 0.1) is 7.11 Å². The lowest BCUT2D eigenvalue weighted by atomic mass is 9.83. The van der Waals surface area contributed by atoms with Gasteiger partial charge in [-0.05, 0) is 49.9 Å². The van der Waals surface area contributed by atoms with E-state index in [-0.39, 0.29) is 5.54 Å². The van der Waals surface area contributed by atoms with Crippen molar-refractivity contribution in [1.29, 1.82) is 0 Å². The smallest absolute Gasteiger partial charge is 0.118 e. The molecule has 3 heteroatoms. The number of hydrogen-bond donors (Lipinski definition) is 2. The number of ether oxygens (including phenoxy) is 1. The Morgan fingerprint density at radius 2 is 2.06 bits per heavy atom. The van der Waals surface area contributed by atoms with Gasteiger partial charge in [0.2, 0.25) is 0 Å². The van der Waals surface area contributed by atoms with E-state index < -0.39 is 0 Å². The second kappa shape index (κ2) is 6.21. The van der Waals surface area contributed by atoms with Crippen molar-refractivity contribution < 1.29 is 4.74 Å². The van der Waals surface area contributed by atoms with Crippen LogP contribution in [-0.2, 0) is 6.42 Å². The fourth-order valence-electron chi connectivity index (χ4n) is 2.70. The minimum Gasteiger partial charge on any atom is -0.497 e. The van der Waals surface area contributed by atoms with Gasteiger partial charge >= 0.3 is 0 Å². The van der Waals surface area contributed by atoms with E-state index in [2.05, 4.69) is 17.4 Å². The molecule has 0 radical (unpaired) electrons. The molecule has 0 amide bonds. The van der Waals surface area contributed by atoms with Crippen molar-refractivity contribution in [3.05, 3.63) is 29.8 Å². The largest absolute Gasteiger partial charge is 0.497 e. The number of nitrogens with one attached hydrogen (secondary N) is 1. The van der Waals surface area contributed by atoms with Gasteiger partial charge in [0.1, 0.15) is 5.75 Å². The first-order valence-corrected chi connectivity index (χ1v) is 6.86. The third kappa shape index (κ3) is 3.24. The average Bonchev–Trinajstić information content (AvgIpc) is 2.47. The van der Waals surface area contributed by atoms with E-state index in [1.165, 1.54) is 24.8 Å². The van der Waals surface area contributed by atoms with Crippen molar-refractivity contribution in [3.8, 4) is 5.75 Å². The molecule has 1 heterocycles. The summed E-state index contributed by atoms with van der Waals surface area (Å²) in [5, 5.41) is 3.63. The minimum absolute atomic E-state index is 0.165. The summed E-state index contributed by atoms with van der Waals surface area (Å²) in [6.07, 6.45) is 5.99. The molecule has 0 aliphatic carbocycles. The van der Waals surface area contributed by atoms with Crippen LogP contribution in [0.3, 0.4) is 0 Å². The average molecular weight is 248 g/mol. The third-order valence-corrected chi connectivity index (χ3v) is 4.02. The highest BCUT2D eigenvalue weighted by Crippen LogP contribution is 2.24. The minimum atomic E-state index is 0.165. The van der Waals surface area contributed by atoms with Crippen LogP contribution in [0.25, 0.3) is 0 Å². The van der Waals surface area contributed by atoms with Gasteiger partial charge in [-0.3, -0.25) is 0 Å². The first kappa shape index (κ1) is 13.4. The van der Waals surface area contributed by atoms with Gasteiger partial charge in [0, 0.05) is 12.1 Å². The number of aryl methyl sites for hydroxylation is 1. The van der Waals surface area contributed by atoms with Crippen LogP contribution in [0.4, 0.5) is 0 Å². The molecule has 1 saturated heterocycles. The molecule has 1 unspecified atom stereocenters. The van der Waals surface area contributed by atoms with E-state index in [4.69, 9.17) is 10.5 Å². The van der Waals surface area contributed by atoms with Crippen molar-refractivity contribution >= 4 is 0 Å². The van der Waals surface area contributed by atoms with E-state index in [0.717, 1.165) is 31.7 Å². The zero-order chi connectivity index (χ0) is 12.8. The quantitative estimate of drug-likeness (QED) is 0.839. The van der Waals surface area contributed by atoms with Gasteiger partial charge in [0.15, 0.2) is 0 Å². The molecule has 3 N–H and O–H groups in total. The molecule has 0 spiro atoms. The number of hydrogen-bond acceptors (Lipinski definition) is 3. The van der Waals surface area contributed by atoms with E-state index in [1.807, 2.05) is 12.1 Å². The molecule has 1 atom stereocenters. The van der Waals surface area contributed by atoms with Crippen molar-refractivity contribution in [2.75, 3.05) is 20.2 Å². The zero-order valence-corrected chi connectivity index (χ0v) is 11.2. The Balaban J connectivity index is 1.92. The summed E-state index contributed by atoms with van der Waals surface area (Å²) >= 11 is 0. The van der Waals surface area contributed by atoms with E-state index in [9.17, 15) is 0 Å². The summed E-state index contributed by atoms with van der Waals surface area (Å²) in [4.78, 5) is 0. The molecule has 0 saturated carbocycles. The molecule has 1 aliphatic rings. The Labute approximate surface area is 110 Å². The van der Waals surface area contributed by atoms with Gasteiger partial charge in [-0.1, -0.05) is 18.6 Å². The van der Waals surface area contributed by atoms with Crippen molar-refractivity contribution in [3.63, 3.8) is 0 Å². The van der Waals surface area contributed by atoms with Gasteiger partial charge in [0.25, 0.3) is 0 Å². The number of rotatable bonds is 5. The maximum atomic E-state index is 5.97. The normalized spacial score (nSPS) is 23.9. The lowest BCUT2D eigenvalue weighted by Crippen LogP contribution is -2.54. The van der Waals surface area contributed by atoms with Crippen LogP contribution in [0, 0.1) is 0 Å². The summed E-state index contributed by atoms with van der Waals surface area (Å²) < 4.78 is 5.17. The van der Waals surface area contributed by atoms with Crippen LogP contribution in [0.5, 0.6) is 5.75 Å². The van der Waals surface area contributed by atoms with E-state index in [0.29, 0.717) is 0 Å². The fraction of sp³-hybridized carbons (Fsp3) is 0.600. The summed E-state index contributed by atoms with van der Waals surface area (Å²) in [7, 11) is 1.70. The molecule has 0 aromatic heterocycles. The molecule has 100 valence electrons. The molecular weight excluding hydrogens is 224 g/mol. The van der Waals surface area contributed by atoms with E-state index in [1.54, 1.807) is 7.11 Å². The van der Waals surface area contributed by atoms with Crippen LogP contribution in [-0.4, -0.2) is 25.7 Å². The van der Waals surface area contributed by atoms with Crippen molar-refractivity contribution in [1.82, 2.24) is 5.32 Å². The molecule has 0 bridgehead atoms. The molecular formula is C15H24N2O. The Kier molecular flexibility index (Phi) is 4.61. The second-order valence-corrected chi connectivity index (χ2v) is 5.22. The highest BCUT2D eigenvalue weighted by molar-refractivity contribution is 5.27. The standard InChI is InChI=1S/C15H24N2O/c1-18-14-6-4-13(5-7-14)8-10-15(12-16)9-2-3-11-17-15/h4-7,17H,2-3,8-12,16H2,1H3. The second-order valence-electron chi connectivity index (χ2n) is 5.22. The fourth-order valence-corrected chi connectivity index (χ4v) is 2.70. The molecule has 2 rings (SSSR count). The van der Waals surface area contributed by atoms with Gasteiger partial charge in [-0.2, -0.15) is 0 Å². The zero-order valence-electron chi connectivity index (χ0n) is 11.2. The maximum Gasteiger partial charge on any atom is 0.118 e. The SMILES string of the molecule is COc1ccc(CCC2(CN)CCCCN2)cc1.